The lowest BCUT2D eigenvalue weighted by Crippen LogP contribution is -2.22. The van der Waals surface area contributed by atoms with E-state index in [2.05, 4.69) is 0 Å². The number of fused-ring (bicyclic) bond motifs is 1. The first-order chi connectivity index (χ1) is 10.0. The molecular formula is C14H13Cl2FN2O2. The molecule has 0 radical (unpaired) electrons. The monoisotopic (exact) mass is 330 g/mol. The Labute approximate surface area is 130 Å². The third-order valence-corrected chi connectivity index (χ3v) is 4.41. The highest BCUT2D eigenvalue weighted by Gasteiger charge is 2.24. The van der Waals surface area contributed by atoms with Crippen molar-refractivity contribution < 1.29 is 9.50 Å². The minimum absolute atomic E-state index is 0.0278. The van der Waals surface area contributed by atoms with E-state index in [0.29, 0.717) is 13.1 Å². The van der Waals surface area contributed by atoms with Crippen molar-refractivity contribution in [3.63, 3.8) is 0 Å². The molecule has 0 fully saturated rings. The third kappa shape index (κ3) is 2.34. The van der Waals surface area contributed by atoms with Crippen LogP contribution in [0.2, 0.25) is 10.2 Å². The first kappa shape index (κ1) is 14.5. The quantitative estimate of drug-likeness (QED) is 0.867. The van der Waals surface area contributed by atoms with Gasteiger partial charge >= 0.3 is 0 Å². The van der Waals surface area contributed by atoms with Crippen LogP contribution < -0.4 is 5.56 Å². The Hall–Kier alpha value is -1.46. The minimum Gasteiger partial charge on any atom is -0.506 e. The summed E-state index contributed by atoms with van der Waals surface area (Å²) in [5, 5.41) is 9.75. The van der Waals surface area contributed by atoms with Crippen molar-refractivity contribution in [3.05, 3.63) is 38.5 Å². The second-order valence-corrected chi connectivity index (χ2v) is 5.83. The molecule has 112 valence electrons. The molecule has 1 N–H and O–H groups in total. The molecule has 0 atom stereocenters. The van der Waals surface area contributed by atoms with Crippen molar-refractivity contribution in [2.75, 3.05) is 0 Å². The summed E-state index contributed by atoms with van der Waals surface area (Å²) < 4.78 is 17.3. The molecule has 0 bridgehead atoms. The molecule has 7 heteroatoms. The van der Waals surface area contributed by atoms with Crippen LogP contribution >= 0.6 is 23.2 Å². The molecule has 0 unspecified atom stereocenters. The number of aromatic hydroxyl groups is 1. The van der Waals surface area contributed by atoms with E-state index in [0.717, 1.165) is 31.4 Å². The number of halogens is 3. The molecule has 21 heavy (non-hydrogen) atoms. The van der Waals surface area contributed by atoms with Gasteiger partial charge in [-0.2, -0.15) is 0 Å². The highest BCUT2D eigenvalue weighted by molar-refractivity contribution is 6.33. The average molecular weight is 331 g/mol. The number of phenolic OH excluding ortho intramolecular Hbond substituents is 1. The van der Waals surface area contributed by atoms with Gasteiger partial charge in [0.2, 0.25) is 0 Å². The lowest BCUT2D eigenvalue weighted by atomic mass is 10.1. The summed E-state index contributed by atoms with van der Waals surface area (Å²) in [6.07, 6.45) is 2.82. The minimum atomic E-state index is -0.682. The number of aromatic nitrogens is 2. The van der Waals surface area contributed by atoms with Gasteiger partial charge in [-0.3, -0.25) is 9.48 Å². The van der Waals surface area contributed by atoms with E-state index in [9.17, 15) is 14.3 Å². The SMILES string of the molecule is O=c1c(-c2cc(O)c(Cl)cc2F)c(Cl)n2n1CCCCC2. The zero-order valence-electron chi connectivity index (χ0n) is 11.1. The maximum atomic E-state index is 14.1. The number of nitrogens with zero attached hydrogens (tertiary/aromatic N) is 2. The van der Waals surface area contributed by atoms with Crippen molar-refractivity contribution in [1.29, 1.82) is 0 Å². The van der Waals surface area contributed by atoms with Crippen molar-refractivity contribution in [3.8, 4) is 16.9 Å². The zero-order chi connectivity index (χ0) is 15.1. The number of benzene rings is 1. The lowest BCUT2D eigenvalue weighted by Gasteiger charge is -2.07. The summed E-state index contributed by atoms with van der Waals surface area (Å²) in [6, 6.07) is 2.12. The summed E-state index contributed by atoms with van der Waals surface area (Å²) in [4.78, 5) is 12.5. The van der Waals surface area contributed by atoms with Crippen LogP contribution in [-0.2, 0) is 13.1 Å². The molecule has 0 saturated heterocycles. The van der Waals surface area contributed by atoms with Gasteiger partial charge in [-0.1, -0.05) is 23.2 Å². The first-order valence-corrected chi connectivity index (χ1v) is 7.43. The number of phenols is 1. The van der Waals surface area contributed by atoms with Gasteiger partial charge in [-0.05, 0) is 31.4 Å². The van der Waals surface area contributed by atoms with Gasteiger partial charge in [0.05, 0.1) is 10.6 Å². The van der Waals surface area contributed by atoms with Crippen LogP contribution in [0.5, 0.6) is 5.75 Å². The van der Waals surface area contributed by atoms with Crippen molar-refractivity contribution in [1.82, 2.24) is 9.36 Å². The summed E-state index contributed by atoms with van der Waals surface area (Å²) in [7, 11) is 0. The summed E-state index contributed by atoms with van der Waals surface area (Å²) in [6.45, 7) is 1.18. The number of hydrogen-bond donors (Lipinski definition) is 1. The number of hydrogen-bond acceptors (Lipinski definition) is 2. The van der Waals surface area contributed by atoms with E-state index < -0.39 is 5.82 Å². The van der Waals surface area contributed by atoms with Gasteiger partial charge in [-0.15, -0.1) is 0 Å². The van der Waals surface area contributed by atoms with Crippen molar-refractivity contribution in [2.24, 2.45) is 0 Å². The van der Waals surface area contributed by atoms with Crippen LogP contribution in [-0.4, -0.2) is 14.5 Å². The molecule has 0 saturated carbocycles. The van der Waals surface area contributed by atoms with E-state index in [1.165, 1.54) is 4.68 Å². The standard InChI is InChI=1S/C14H13Cl2FN2O2/c15-9-7-10(17)8(6-11(9)20)12-13(16)18-4-2-1-3-5-19(18)14(12)21/h6-7,20H,1-5H2. The summed E-state index contributed by atoms with van der Waals surface area (Å²) in [5.41, 5.74) is -0.300. The predicted octanol–water partition coefficient (Wildman–Crippen LogP) is 3.65. The molecule has 1 aromatic carbocycles. The molecule has 2 aromatic rings. The van der Waals surface area contributed by atoms with Crippen LogP contribution in [0.3, 0.4) is 0 Å². The fourth-order valence-electron chi connectivity index (χ4n) is 2.66. The van der Waals surface area contributed by atoms with Crippen LogP contribution in [0.15, 0.2) is 16.9 Å². The Bertz CT molecular complexity index is 767. The molecule has 1 aliphatic heterocycles. The largest absolute Gasteiger partial charge is 0.506 e. The zero-order valence-corrected chi connectivity index (χ0v) is 12.6. The van der Waals surface area contributed by atoms with Gasteiger partial charge in [-0.25, -0.2) is 9.07 Å². The van der Waals surface area contributed by atoms with Gasteiger partial charge in [0.15, 0.2) is 0 Å². The first-order valence-electron chi connectivity index (χ1n) is 6.68. The molecule has 0 spiro atoms. The maximum Gasteiger partial charge on any atom is 0.276 e. The molecule has 4 nitrogen and oxygen atoms in total. The fraction of sp³-hybridized carbons (Fsp3) is 0.357. The molecule has 0 amide bonds. The highest BCUT2D eigenvalue weighted by Crippen LogP contribution is 2.34. The topological polar surface area (TPSA) is 47.2 Å². The van der Waals surface area contributed by atoms with Gasteiger partial charge in [0.1, 0.15) is 16.7 Å². The second kappa shape index (κ2) is 5.39. The van der Waals surface area contributed by atoms with Crippen LogP contribution in [0.4, 0.5) is 4.39 Å². The number of rotatable bonds is 1. The molecule has 1 aromatic heterocycles. The van der Waals surface area contributed by atoms with Gasteiger partial charge < -0.3 is 5.11 Å². The molecule has 2 heterocycles. The van der Waals surface area contributed by atoms with E-state index in [-0.39, 0.29) is 32.6 Å². The van der Waals surface area contributed by atoms with Gasteiger partial charge in [0, 0.05) is 18.7 Å². The Morgan fingerprint density at radius 1 is 1.10 bits per heavy atom. The van der Waals surface area contributed by atoms with E-state index in [4.69, 9.17) is 23.2 Å². The lowest BCUT2D eigenvalue weighted by molar-refractivity contribution is 0.474. The third-order valence-electron chi connectivity index (χ3n) is 3.72. The van der Waals surface area contributed by atoms with Gasteiger partial charge in [0.25, 0.3) is 5.56 Å². The van der Waals surface area contributed by atoms with Crippen molar-refractivity contribution >= 4 is 23.2 Å². The smallest absolute Gasteiger partial charge is 0.276 e. The normalized spacial score (nSPS) is 14.8. The summed E-state index contributed by atoms with van der Waals surface area (Å²) >= 11 is 11.9. The van der Waals surface area contributed by atoms with E-state index >= 15 is 0 Å². The van der Waals surface area contributed by atoms with Crippen molar-refractivity contribution in [2.45, 2.75) is 32.4 Å². The Balaban J connectivity index is 2.25. The molecule has 0 aliphatic carbocycles. The van der Waals surface area contributed by atoms with Crippen LogP contribution in [0.25, 0.3) is 11.1 Å². The molecule has 1 aliphatic rings. The molecular weight excluding hydrogens is 318 g/mol. The summed E-state index contributed by atoms with van der Waals surface area (Å²) in [5.74, 6) is -0.965. The Morgan fingerprint density at radius 2 is 1.76 bits per heavy atom. The highest BCUT2D eigenvalue weighted by atomic mass is 35.5. The Morgan fingerprint density at radius 3 is 2.48 bits per heavy atom. The second-order valence-electron chi connectivity index (χ2n) is 5.06. The fourth-order valence-corrected chi connectivity index (χ4v) is 3.17. The van der Waals surface area contributed by atoms with Crippen LogP contribution in [0, 0.1) is 5.82 Å². The Kier molecular flexibility index (Phi) is 3.71. The maximum absolute atomic E-state index is 14.1. The average Bonchev–Trinajstić information content (AvgIpc) is 2.63. The van der Waals surface area contributed by atoms with E-state index in [1.807, 2.05) is 0 Å². The molecule has 3 rings (SSSR count). The van der Waals surface area contributed by atoms with E-state index in [1.54, 1.807) is 4.68 Å². The van der Waals surface area contributed by atoms with Crippen LogP contribution in [0.1, 0.15) is 19.3 Å². The predicted molar refractivity (Wildman–Crippen MR) is 79.6 cm³/mol.